The predicted molar refractivity (Wildman–Crippen MR) is 133 cm³/mol. The monoisotopic (exact) mass is 590 g/mol. The molecular weight excluding hydrogens is 563 g/mol. The third-order valence-corrected chi connectivity index (χ3v) is 7.29. The van der Waals surface area contributed by atoms with E-state index in [1.807, 2.05) is 0 Å². The van der Waals surface area contributed by atoms with Crippen molar-refractivity contribution in [3.63, 3.8) is 0 Å². The second-order valence-electron chi connectivity index (χ2n) is 10.1. The minimum absolute atomic E-state index is 0.302. The van der Waals surface area contributed by atoms with Crippen LogP contribution in [-0.2, 0) is 17.0 Å². The summed E-state index contributed by atoms with van der Waals surface area (Å²) in [4.78, 5) is 0. The quantitative estimate of drug-likeness (QED) is 0.231. The summed E-state index contributed by atoms with van der Waals surface area (Å²) in [6.45, 7) is 2.16. The van der Waals surface area contributed by atoms with E-state index < -0.39 is 47.1 Å². The molecule has 0 atom stereocenters. The zero-order valence-corrected chi connectivity index (χ0v) is 21.9. The molecule has 41 heavy (non-hydrogen) atoms. The summed E-state index contributed by atoms with van der Waals surface area (Å²) in [6, 6.07) is 9.80. The minimum atomic E-state index is -5.74. The maximum Gasteiger partial charge on any atom is 0.527 e. The van der Waals surface area contributed by atoms with Gasteiger partial charge in [-0.3, -0.25) is 0 Å². The molecule has 0 aromatic heterocycles. The van der Waals surface area contributed by atoms with E-state index in [4.69, 9.17) is 4.74 Å². The fraction of sp³-hybridized carbons (Fsp3) is 0.400. The summed E-state index contributed by atoms with van der Waals surface area (Å²) in [5.41, 5.74) is -1.90. The first kappa shape index (κ1) is 30.7. The van der Waals surface area contributed by atoms with Crippen molar-refractivity contribution in [2.75, 3.05) is 0 Å². The van der Waals surface area contributed by atoms with Crippen LogP contribution in [-0.4, -0.2) is 6.36 Å². The lowest BCUT2D eigenvalue weighted by Crippen LogP contribution is -2.28. The average molecular weight is 591 g/mol. The van der Waals surface area contributed by atoms with Gasteiger partial charge in [-0.25, -0.2) is 13.5 Å². The highest BCUT2D eigenvalue weighted by atomic mass is 19.4. The molecule has 3 aromatic rings. The first-order valence-electron chi connectivity index (χ1n) is 13.1. The van der Waals surface area contributed by atoms with Crippen molar-refractivity contribution in [3.8, 4) is 16.9 Å². The molecule has 11 heteroatoms. The van der Waals surface area contributed by atoms with E-state index in [0.29, 0.717) is 30.0 Å². The molecule has 3 aromatic carbocycles. The van der Waals surface area contributed by atoms with Gasteiger partial charge in [-0.1, -0.05) is 38.0 Å². The first-order valence-corrected chi connectivity index (χ1v) is 13.1. The number of rotatable bonds is 9. The summed E-state index contributed by atoms with van der Waals surface area (Å²) in [7, 11) is 0. The maximum atomic E-state index is 14.9. The highest BCUT2D eigenvalue weighted by Gasteiger charge is 2.47. The van der Waals surface area contributed by atoms with Crippen LogP contribution in [0, 0.1) is 17.6 Å². The molecule has 4 rings (SSSR count). The largest absolute Gasteiger partial charge is 0.527 e. The average Bonchev–Trinajstić information content (AvgIpc) is 2.88. The van der Waals surface area contributed by atoms with Crippen molar-refractivity contribution in [2.24, 2.45) is 5.92 Å². The Kier molecular flexibility index (Phi) is 8.96. The van der Waals surface area contributed by atoms with Gasteiger partial charge in [0.1, 0.15) is 17.4 Å². The third-order valence-electron chi connectivity index (χ3n) is 7.29. The maximum absolute atomic E-state index is 14.9. The summed E-state index contributed by atoms with van der Waals surface area (Å²) < 4.78 is 130. The van der Waals surface area contributed by atoms with Crippen LogP contribution in [0.2, 0.25) is 0 Å². The van der Waals surface area contributed by atoms with Crippen LogP contribution in [0.15, 0.2) is 60.7 Å². The van der Waals surface area contributed by atoms with Crippen LogP contribution in [0.1, 0.15) is 68.1 Å². The van der Waals surface area contributed by atoms with Gasteiger partial charge in [-0.15, -0.1) is 13.2 Å². The van der Waals surface area contributed by atoms with E-state index in [9.17, 15) is 39.5 Å². The molecular formula is C30H27F9O2. The highest BCUT2D eigenvalue weighted by Crippen LogP contribution is 2.41. The van der Waals surface area contributed by atoms with Crippen LogP contribution < -0.4 is 4.74 Å². The Morgan fingerprint density at radius 3 is 1.95 bits per heavy atom. The molecule has 1 aliphatic rings. The second-order valence-corrected chi connectivity index (χ2v) is 10.1. The Morgan fingerprint density at radius 2 is 1.39 bits per heavy atom. The number of hydrogen-bond acceptors (Lipinski definition) is 2. The number of hydrogen-bond donors (Lipinski definition) is 0. The molecule has 0 radical (unpaired) electrons. The molecule has 2 nitrogen and oxygen atoms in total. The van der Waals surface area contributed by atoms with Crippen molar-refractivity contribution < 1.29 is 49.0 Å². The van der Waals surface area contributed by atoms with Crippen molar-refractivity contribution in [2.45, 2.75) is 69.9 Å². The minimum Gasteiger partial charge on any atom is -0.429 e. The molecule has 0 amide bonds. The van der Waals surface area contributed by atoms with E-state index in [-0.39, 0.29) is 11.1 Å². The molecule has 1 aliphatic carbocycles. The van der Waals surface area contributed by atoms with Gasteiger partial charge in [-0.2, -0.15) is 17.6 Å². The van der Waals surface area contributed by atoms with E-state index in [0.717, 1.165) is 55.9 Å². The zero-order valence-electron chi connectivity index (χ0n) is 21.9. The molecule has 0 N–H and O–H groups in total. The normalized spacial score (nSPS) is 18.4. The van der Waals surface area contributed by atoms with Crippen LogP contribution in [0.3, 0.4) is 0 Å². The standard InChI is InChI=1S/C30H27F9O2/c1-2-3-18-4-6-19(7-5-18)20-8-11-22(12-9-20)28(33,34)40-23-13-14-24(26(31)17-23)21-10-15-25(27(32)16-21)29(35,36)41-30(37,38)39/h8-19H,2-7H2,1H3. The van der Waals surface area contributed by atoms with Gasteiger partial charge in [0, 0.05) is 11.6 Å². The van der Waals surface area contributed by atoms with E-state index >= 15 is 0 Å². The van der Waals surface area contributed by atoms with Gasteiger partial charge in [0.05, 0.1) is 11.1 Å². The molecule has 0 saturated heterocycles. The van der Waals surface area contributed by atoms with Crippen molar-refractivity contribution in [1.82, 2.24) is 0 Å². The number of halogens is 9. The summed E-state index contributed by atoms with van der Waals surface area (Å²) in [6.07, 6.45) is -8.04. The smallest absolute Gasteiger partial charge is 0.429 e. The van der Waals surface area contributed by atoms with E-state index in [2.05, 4.69) is 11.7 Å². The summed E-state index contributed by atoms with van der Waals surface area (Å²) in [5, 5.41) is 0. The molecule has 0 bridgehead atoms. The van der Waals surface area contributed by atoms with E-state index in [1.165, 1.54) is 18.6 Å². The Morgan fingerprint density at radius 1 is 0.732 bits per heavy atom. The van der Waals surface area contributed by atoms with Gasteiger partial charge in [0.15, 0.2) is 0 Å². The third kappa shape index (κ3) is 7.55. The fourth-order valence-electron chi connectivity index (χ4n) is 5.26. The number of ether oxygens (including phenoxy) is 2. The molecule has 222 valence electrons. The van der Waals surface area contributed by atoms with E-state index in [1.54, 1.807) is 12.1 Å². The van der Waals surface area contributed by atoms with Gasteiger partial charge in [0.25, 0.3) is 0 Å². The molecule has 0 aliphatic heterocycles. The van der Waals surface area contributed by atoms with Gasteiger partial charge in [0.2, 0.25) is 0 Å². The lowest BCUT2D eigenvalue weighted by Gasteiger charge is -2.29. The Bertz CT molecular complexity index is 1330. The van der Waals surface area contributed by atoms with Crippen LogP contribution in [0.5, 0.6) is 5.75 Å². The number of alkyl halides is 7. The highest BCUT2D eigenvalue weighted by molar-refractivity contribution is 5.65. The van der Waals surface area contributed by atoms with Crippen molar-refractivity contribution in [1.29, 1.82) is 0 Å². The summed E-state index contributed by atoms with van der Waals surface area (Å²) >= 11 is 0. The zero-order chi connectivity index (χ0) is 30.0. The summed E-state index contributed by atoms with van der Waals surface area (Å²) in [5.74, 6) is -2.49. The van der Waals surface area contributed by atoms with Crippen molar-refractivity contribution in [3.05, 3.63) is 89.0 Å². The topological polar surface area (TPSA) is 18.5 Å². The van der Waals surface area contributed by atoms with Crippen molar-refractivity contribution >= 4 is 0 Å². The fourth-order valence-corrected chi connectivity index (χ4v) is 5.26. The molecule has 0 heterocycles. The number of benzene rings is 3. The molecule has 0 spiro atoms. The van der Waals surface area contributed by atoms with Crippen LogP contribution in [0.4, 0.5) is 39.5 Å². The Labute approximate surface area is 231 Å². The predicted octanol–water partition coefficient (Wildman–Crippen LogP) is 10.4. The Hall–Kier alpha value is -3.21. The second kappa shape index (κ2) is 12.0. The van der Waals surface area contributed by atoms with Crippen LogP contribution in [0.25, 0.3) is 11.1 Å². The van der Waals surface area contributed by atoms with Gasteiger partial charge in [-0.05, 0) is 85.0 Å². The SMILES string of the molecule is CCCC1CCC(c2ccc(C(F)(F)Oc3ccc(-c4ccc(C(F)(F)OC(F)(F)F)c(F)c4)c(F)c3)cc2)CC1. The van der Waals surface area contributed by atoms with Crippen LogP contribution >= 0.6 is 0 Å². The molecule has 1 saturated carbocycles. The van der Waals surface area contributed by atoms with Gasteiger partial charge >= 0.3 is 18.6 Å². The first-order chi connectivity index (χ1) is 19.2. The lowest BCUT2D eigenvalue weighted by molar-refractivity contribution is -0.432. The molecule has 0 unspecified atom stereocenters. The Balaban J connectivity index is 1.45. The lowest BCUT2D eigenvalue weighted by atomic mass is 9.77. The molecule has 1 fully saturated rings. The van der Waals surface area contributed by atoms with Gasteiger partial charge < -0.3 is 4.74 Å².